The number of carbonyl (C=O) groups is 1. The second-order valence-corrected chi connectivity index (χ2v) is 3.97. The number of carbonyl (C=O) groups excluding carboxylic acids is 1. The van der Waals surface area contributed by atoms with Gasteiger partial charge in [0.2, 0.25) is 0 Å². The zero-order valence-electron chi connectivity index (χ0n) is 9.70. The summed E-state index contributed by atoms with van der Waals surface area (Å²) in [5.74, 6) is -0.456. The first-order chi connectivity index (χ1) is 8.06. The summed E-state index contributed by atoms with van der Waals surface area (Å²) in [6, 6.07) is 9.02. The zero-order chi connectivity index (χ0) is 12.4. The Kier molecular flexibility index (Phi) is 3.00. The highest BCUT2D eigenvalue weighted by Gasteiger charge is 2.10. The molecule has 0 atom stereocenters. The monoisotopic (exact) mass is 229 g/mol. The first-order valence-corrected chi connectivity index (χ1v) is 5.32. The zero-order valence-corrected chi connectivity index (χ0v) is 9.70. The normalized spacial score (nSPS) is 10.3. The Morgan fingerprint density at radius 2 is 1.53 bits per heavy atom. The van der Waals surface area contributed by atoms with Crippen LogP contribution in [0.25, 0.3) is 0 Å². The predicted octanol–water partition coefficient (Wildman–Crippen LogP) is 3.07. The van der Waals surface area contributed by atoms with Gasteiger partial charge >= 0.3 is 0 Å². The van der Waals surface area contributed by atoms with E-state index in [9.17, 15) is 9.18 Å². The average Bonchev–Trinajstić information content (AvgIpc) is 2.28. The molecule has 86 valence electrons. The molecular formula is C14H12FNO. The van der Waals surface area contributed by atoms with Crippen molar-refractivity contribution in [3.8, 4) is 0 Å². The summed E-state index contributed by atoms with van der Waals surface area (Å²) in [5, 5.41) is 0. The third-order valence-corrected chi connectivity index (χ3v) is 2.45. The molecule has 17 heavy (non-hydrogen) atoms. The van der Waals surface area contributed by atoms with Crippen LogP contribution in [0.3, 0.4) is 0 Å². The van der Waals surface area contributed by atoms with Crippen molar-refractivity contribution in [3.05, 3.63) is 64.7 Å². The van der Waals surface area contributed by atoms with Crippen LogP contribution in [-0.4, -0.2) is 10.8 Å². The lowest BCUT2D eigenvalue weighted by Gasteiger charge is -2.03. The van der Waals surface area contributed by atoms with Gasteiger partial charge in [0.05, 0.1) is 0 Å². The number of aryl methyl sites for hydroxylation is 2. The molecule has 1 aromatic carbocycles. The standard InChI is InChI=1S/C14H12FNO/c1-9-7-12(8-10(2)16-9)14(17)11-3-5-13(15)6-4-11/h3-8H,1-2H3. The Balaban J connectivity index is 2.40. The topological polar surface area (TPSA) is 30.0 Å². The fourth-order valence-electron chi connectivity index (χ4n) is 1.73. The summed E-state index contributed by atoms with van der Waals surface area (Å²) < 4.78 is 12.8. The van der Waals surface area contributed by atoms with Gasteiger partial charge in [0.1, 0.15) is 5.82 Å². The molecular weight excluding hydrogens is 217 g/mol. The number of hydrogen-bond donors (Lipinski definition) is 0. The van der Waals surface area contributed by atoms with Crippen LogP contribution in [0.4, 0.5) is 4.39 Å². The third-order valence-electron chi connectivity index (χ3n) is 2.45. The molecule has 0 spiro atoms. The summed E-state index contributed by atoms with van der Waals surface area (Å²) in [6.07, 6.45) is 0. The molecule has 0 fully saturated rings. The number of halogens is 1. The number of ketones is 1. The molecule has 3 heteroatoms. The van der Waals surface area contributed by atoms with Crippen molar-refractivity contribution >= 4 is 5.78 Å². The van der Waals surface area contributed by atoms with Gasteiger partial charge in [-0.25, -0.2) is 4.39 Å². The van der Waals surface area contributed by atoms with Crippen molar-refractivity contribution in [2.75, 3.05) is 0 Å². The van der Waals surface area contributed by atoms with E-state index in [0.717, 1.165) is 11.4 Å². The second-order valence-electron chi connectivity index (χ2n) is 3.97. The highest BCUT2D eigenvalue weighted by molar-refractivity contribution is 6.09. The van der Waals surface area contributed by atoms with E-state index < -0.39 is 0 Å². The minimum atomic E-state index is -0.344. The molecule has 0 N–H and O–H groups in total. The molecule has 0 aliphatic rings. The van der Waals surface area contributed by atoms with Gasteiger partial charge in [-0.05, 0) is 50.2 Å². The van der Waals surface area contributed by atoms with Gasteiger partial charge in [-0.1, -0.05) is 0 Å². The highest BCUT2D eigenvalue weighted by atomic mass is 19.1. The van der Waals surface area contributed by atoms with E-state index in [-0.39, 0.29) is 11.6 Å². The number of nitrogens with zero attached hydrogens (tertiary/aromatic N) is 1. The number of aromatic nitrogens is 1. The molecule has 0 saturated heterocycles. The lowest BCUT2D eigenvalue weighted by atomic mass is 10.0. The summed E-state index contributed by atoms with van der Waals surface area (Å²) in [4.78, 5) is 16.3. The van der Waals surface area contributed by atoms with E-state index in [1.165, 1.54) is 24.3 Å². The number of pyridine rings is 1. The molecule has 1 heterocycles. The lowest BCUT2D eigenvalue weighted by molar-refractivity contribution is 0.103. The van der Waals surface area contributed by atoms with E-state index in [1.54, 1.807) is 12.1 Å². The molecule has 0 saturated carbocycles. The van der Waals surface area contributed by atoms with Crippen molar-refractivity contribution < 1.29 is 9.18 Å². The van der Waals surface area contributed by atoms with E-state index in [0.29, 0.717) is 11.1 Å². The Bertz CT molecular complexity index is 541. The van der Waals surface area contributed by atoms with Crippen LogP contribution in [0.1, 0.15) is 27.3 Å². The van der Waals surface area contributed by atoms with Crippen LogP contribution in [0, 0.1) is 19.7 Å². The molecule has 0 aliphatic carbocycles. The minimum absolute atomic E-state index is 0.112. The van der Waals surface area contributed by atoms with Gasteiger partial charge in [-0.2, -0.15) is 0 Å². The Morgan fingerprint density at radius 1 is 1.00 bits per heavy atom. The Hall–Kier alpha value is -2.03. The maximum Gasteiger partial charge on any atom is 0.193 e. The van der Waals surface area contributed by atoms with Gasteiger partial charge < -0.3 is 0 Å². The van der Waals surface area contributed by atoms with E-state index in [2.05, 4.69) is 4.98 Å². The largest absolute Gasteiger partial charge is 0.289 e. The number of hydrogen-bond acceptors (Lipinski definition) is 2. The Labute approximate surface area is 99.1 Å². The summed E-state index contributed by atoms with van der Waals surface area (Å²) >= 11 is 0. The summed E-state index contributed by atoms with van der Waals surface area (Å²) in [6.45, 7) is 3.68. The SMILES string of the molecule is Cc1cc(C(=O)c2ccc(F)cc2)cc(C)n1. The van der Waals surface area contributed by atoms with Crippen molar-refractivity contribution in [2.24, 2.45) is 0 Å². The maximum atomic E-state index is 12.8. The predicted molar refractivity (Wildman–Crippen MR) is 63.5 cm³/mol. The van der Waals surface area contributed by atoms with Crippen LogP contribution in [-0.2, 0) is 0 Å². The van der Waals surface area contributed by atoms with Crippen LogP contribution < -0.4 is 0 Å². The van der Waals surface area contributed by atoms with Crippen molar-refractivity contribution in [3.63, 3.8) is 0 Å². The third kappa shape index (κ3) is 2.56. The fraction of sp³-hybridized carbons (Fsp3) is 0.143. The van der Waals surface area contributed by atoms with E-state index >= 15 is 0 Å². The van der Waals surface area contributed by atoms with E-state index in [1.807, 2.05) is 13.8 Å². The molecule has 0 radical (unpaired) electrons. The fourth-order valence-corrected chi connectivity index (χ4v) is 1.73. The lowest BCUT2D eigenvalue weighted by Crippen LogP contribution is -2.03. The van der Waals surface area contributed by atoms with Gasteiger partial charge in [0.15, 0.2) is 5.78 Å². The van der Waals surface area contributed by atoms with Crippen molar-refractivity contribution in [1.29, 1.82) is 0 Å². The molecule has 1 aromatic heterocycles. The first kappa shape index (κ1) is 11.5. The van der Waals surface area contributed by atoms with Crippen LogP contribution in [0.15, 0.2) is 36.4 Å². The van der Waals surface area contributed by atoms with Gasteiger partial charge in [-0.15, -0.1) is 0 Å². The first-order valence-electron chi connectivity index (χ1n) is 5.32. The molecule has 2 rings (SSSR count). The molecule has 2 aromatic rings. The average molecular weight is 229 g/mol. The van der Waals surface area contributed by atoms with Crippen molar-refractivity contribution in [1.82, 2.24) is 4.98 Å². The number of rotatable bonds is 2. The van der Waals surface area contributed by atoms with Gasteiger partial charge in [0, 0.05) is 22.5 Å². The molecule has 0 aliphatic heterocycles. The van der Waals surface area contributed by atoms with Gasteiger partial charge in [0.25, 0.3) is 0 Å². The summed E-state index contributed by atoms with van der Waals surface area (Å²) in [5.41, 5.74) is 2.67. The van der Waals surface area contributed by atoms with Crippen LogP contribution in [0.5, 0.6) is 0 Å². The smallest absolute Gasteiger partial charge is 0.193 e. The maximum absolute atomic E-state index is 12.8. The quantitative estimate of drug-likeness (QED) is 0.741. The van der Waals surface area contributed by atoms with Gasteiger partial charge in [-0.3, -0.25) is 9.78 Å². The van der Waals surface area contributed by atoms with Crippen LogP contribution in [0.2, 0.25) is 0 Å². The minimum Gasteiger partial charge on any atom is -0.289 e. The second kappa shape index (κ2) is 4.45. The van der Waals surface area contributed by atoms with Crippen molar-refractivity contribution in [2.45, 2.75) is 13.8 Å². The number of benzene rings is 1. The van der Waals surface area contributed by atoms with E-state index in [4.69, 9.17) is 0 Å². The summed E-state index contributed by atoms with van der Waals surface area (Å²) in [7, 11) is 0. The molecule has 0 bridgehead atoms. The molecule has 0 amide bonds. The molecule has 0 unspecified atom stereocenters. The van der Waals surface area contributed by atoms with Crippen LogP contribution >= 0.6 is 0 Å². The molecule has 2 nitrogen and oxygen atoms in total. The highest BCUT2D eigenvalue weighted by Crippen LogP contribution is 2.12. The Morgan fingerprint density at radius 3 is 2.06 bits per heavy atom.